The zero-order valence-corrected chi connectivity index (χ0v) is 15.7. The number of aromatic nitrogens is 1. The fourth-order valence-electron chi connectivity index (χ4n) is 2.72. The van der Waals surface area contributed by atoms with E-state index < -0.39 is 6.04 Å². The van der Waals surface area contributed by atoms with Gasteiger partial charge < -0.3 is 0 Å². The third-order valence-electron chi connectivity index (χ3n) is 4.24. The summed E-state index contributed by atoms with van der Waals surface area (Å²) in [5.41, 5.74) is 4.18. The maximum Gasteiger partial charge on any atom is 0.282 e. The molecule has 0 unspecified atom stereocenters. The van der Waals surface area contributed by atoms with Gasteiger partial charge in [-0.3, -0.25) is 4.79 Å². The van der Waals surface area contributed by atoms with Gasteiger partial charge in [0.25, 0.3) is 5.91 Å². The summed E-state index contributed by atoms with van der Waals surface area (Å²) in [6.07, 6.45) is 0. The first-order valence-corrected chi connectivity index (χ1v) is 9.38. The minimum Gasteiger partial charge on any atom is -0.269 e. The predicted molar refractivity (Wildman–Crippen MR) is 108 cm³/mol. The number of rotatable bonds is 4. The Labute approximate surface area is 160 Å². The average Bonchev–Trinajstić information content (AvgIpc) is 3.27. The van der Waals surface area contributed by atoms with Crippen LogP contribution in [0.3, 0.4) is 0 Å². The molecule has 0 radical (unpaired) electrons. The highest BCUT2D eigenvalue weighted by molar-refractivity contribution is 7.14. The summed E-state index contributed by atoms with van der Waals surface area (Å²) >= 11 is 1.38. The lowest BCUT2D eigenvalue weighted by molar-refractivity contribution is -0.117. The number of amides is 1. The molecule has 0 fully saturated rings. The summed E-state index contributed by atoms with van der Waals surface area (Å²) in [6.45, 7) is 3.74. The molecule has 0 saturated carbocycles. The Kier molecular flexibility index (Phi) is 4.60. The van der Waals surface area contributed by atoms with Crippen molar-refractivity contribution in [3.63, 3.8) is 0 Å². The van der Waals surface area contributed by atoms with Gasteiger partial charge in [0.2, 0.25) is 5.13 Å². The first kappa shape index (κ1) is 17.2. The lowest BCUT2D eigenvalue weighted by atomic mass is 10.2. The van der Waals surface area contributed by atoms with Gasteiger partial charge in [-0.25, -0.2) is 4.98 Å². The second kappa shape index (κ2) is 7.20. The fraction of sp³-hybridized carbons (Fsp3) is 0.150. The van der Waals surface area contributed by atoms with Gasteiger partial charge >= 0.3 is 0 Å². The van der Waals surface area contributed by atoms with E-state index in [1.54, 1.807) is 6.92 Å². The molecule has 2 aromatic carbocycles. The summed E-state index contributed by atoms with van der Waals surface area (Å²) in [5.74, 6) is -0.237. The van der Waals surface area contributed by atoms with E-state index >= 15 is 0 Å². The smallest absolute Gasteiger partial charge is 0.269 e. The number of anilines is 1. The largest absolute Gasteiger partial charge is 0.282 e. The van der Waals surface area contributed by atoms with E-state index in [0.717, 1.165) is 22.5 Å². The van der Waals surface area contributed by atoms with Crippen LogP contribution in [0, 0.1) is 6.92 Å². The van der Waals surface area contributed by atoms with Crippen LogP contribution in [-0.4, -0.2) is 22.6 Å². The molecule has 1 aliphatic heterocycles. The number of thiazole rings is 1. The molecule has 3 aromatic rings. The molecular formula is C20H17N5OS. The SMILES string of the molecule is CC1=NN(c2nc(-c3ccccc3)cs2)C(=O)[C@@H]1N=Nc1ccccc1C. The second-order valence-corrected chi connectivity index (χ2v) is 7.01. The van der Waals surface area contributed by atoms with E-state index in [1.807, 2.05) is 66.9 Å². The quantitative estimate of drug-likeness (QED) is 0.603. The molecule has 0 saturated heterocycles. The number of azo groups is 1. The lowest BCUT2D eigenvalue weighted by Gasteiger charge is -2.08. The van der Waals surface area contributed by atoms with Crippen molar-refractivity contribution >= 4 is 33.8 Å². The predicted octanol–water partition coefficient (Wildman–Crippen LogP) is 4.99. The van der Waals surface area contributed by atoms with Crippen LogP contribution < -0.4 is 5.01 Å². The third kappa shape index (κ3) is 3.41. The lowest BCUT2D eigenvalue weighted by Crippen LogP contribution is -2.29. The molecule has 1 atom stereocenters. The van der Waals surface area contributed by atoms with Crippen molar-refractivity contribution in [2.75, 3.05) is 5.01 Å². The molecule has 0 N–H and O–H groups in total. The maximum atomic E-state index is 12.8. The number of hydrazone groups is 1. The number of hydrogen-bond acceptors (Lipinski definition) is 6. The molecule has 1 aromatic heterocycles. The molecule has 1 aliphatic rings. The number of benzene rings is 2. The molecule has 2 heterocycles. The number of carbonyl (C=O) groups is 1. The Bertz CT molecular complexity index is 1040. The van der Waals surface area contributed by atoms with E-state index in [0.29, 0.717) is 10.8 Å². The monoisotopic (exact) mass is 375 g/mol. The molecule has 1 amide bonds. The summed E-state index contributed by atoms with van der Waals surface area (Å²) in [6, 6.07) is 16.8. The zero-order valence-electron chi connectivity index (χ0n) is 14.9. The van der Waals surface area contributed by atoms with Crippen LogP contribution >= 0.6 is 11.3 Å². The van der Waals surface area contributed by atoms with E-state index in [1.165, 1.54) is 16.3 Å². The molecule has 27 heavy (non-hydrogen) atoms. The number of aryl methyl sites for hydroxylation is 1. The highest BCUT2D eigenvalue weighted by Gasteiger charge is 2.36. The van der Waals surface area contributed by atoms with Gasteiger partial charge in [-0.1, -0.05) is 48.5 Å². The molecule has 6 nitrogen and oxygen atoms in total. The van der Waals surface area contributed by atoms with Crippen LogP contribution in [0.5, 0.6) is 0 Å². The summed E-state index contributed by atoms with van der Waals surface area (Å²) in [7, 11) is 0. The van der Waals surface area contributed by atoms with Crippen LogP contribution in [0.15, 0.2) is 75.3 Å². The molecule has 134 valence electrons. The van der Waals surface area contributed by atoms with Gasteiger partial charge in [-0.2, -0.15) is 20.3 Å². The van der Waals surface area contributed by atoms with E-state index in [9.17, 15) is 4.79 Å². The van der Waals surface area contributed by atoms with E-state index in [-0.39, 0.29) is 5.91 Å². The standard InChI is InChI=1S/C20H17N5OS/c1-13-8-6-7-11-16(13)22-23-18-14(2)24-25(19(18)26)20-21-17(12-27-20)15-9-4-3-5-10-15/h3-12,18H,1-2H3/t18-/m1/s1. The molecular weight excluding hydrogens is 358 g/mol. The van der Waals surface area contributed by atoms with Crippen LogP contribution in [0.2, 0.25) is 0 Å². The molecule has 4 rings (SSSR count). The van der Waals surface area contributed by atoms with Crippen LogP contribution in [0.4, 0.5) is 10.8 Å². The van der Waals surface area contributed by atoms with Crippen molar-refractivity contribution in [2.45, 2.75) is 19.9 Å². The number of carbonyl (C=O) groups excluding carboxylic acids is 1. The summed E-state index contributed by atoms with van der Waals surface area (Å²) in [5, 5.41) is 16.6. The Hall–Kier alpha value is -3.19. The third-order valence-corrected chi connectivity index (χ3v) is 5.05. The normalized spacial score (nSPS) is 17.0. The highest BCUT2D eigenvalue weighted by atomic mass is 32.1. The van der Waals surface area contributed by atoms with Gasteiger partial charge in [-0.05, 0) is 25.5 Å². The van der Waals surface area contributed by atoms with E-state index in [4.69, 9.17) is 0 Å². The van der Waals surface area contributed by atoms with Gasteiger partial charge in [0, 0.05) is 10.9 Å². The summed E-state index contributed by atoms with van der Waals surface area (Å²) < 4.78 is 0. The van der Waals surface area contributed by atoms with Crippen molar-refractivity contribution in [1.29, 1.82) is 0 Å². The van der Waals surface area contributed by atoms with E-state index in [2.05, 4.69) is 20.3 Å². The van der Waals surface area contributed by atoms with Gasteiger partial charge in [0.15, 0.2) is 6.04 Å². The summed E-state index contributed by atoms with van der Waals surface area (Å²) in [4.78, 5) is 17.4. The van der Waals surface area contributed by atoms with Crippen LogP contribution in [0.25, 0.3) is 11.3 Å². The van der Waals surface area contributed by atoms with Crippen molar-refractivity contribution < 1.29 is 4.79 Å². The first-order chi connectivity index (χ1) is 13.1. The zero-order chi connectivity index (χ0) is 18.8. The average molecular weight is 375 g/mol. The first-order valence-electron chi connectivity index (χ1n) is 8.50. The highest BCUT2D eigenvalue weighted by Crippen LogP contribution is 2.30. The van der Waals surface area contributed by atoms with Gasteiger partial charge in [0.05, 0.1) is 17.1 Å². The molecule has 0 spiro atoms. The minimum atomic E-state index is -0.714. The van der Waals surface area contributed by atoms with Crippen LogP contribution in [-0.2, 0) is 4.79 Å². The Balaban J connectivity index is 1.56. The number of nitrogens with zero attached hydrogens (tertiary/aromatic N) is 5. The topological polar surface area (TPSA) is 70.3 Å². The number of hydrogen-bond donors (Lipinski definition) is 0. The van der Waals surface area contributed by atoms with Crippen LogP contribution in [0.1, 0.15) is 12.5 Å². The van der Waals surface area contributed by atoms with Crippen molar-refractivity contribution in [2.24, 2.45) is 15.3 Å². The Morgan fingerprint density at radius 3 is 2.56 bits per heavy atom. The Morgan fingerprint density at radius 1 is 1.04 bits per heavy atom. The van der Waals surface area contributed by atoms with Gasteiger partial charge in [0.1, 0.15) is 0 Å². The Morgan fingerprint density at radius 2 is 1.78 bits per heavy atom. The van der Waals surface area contributed by atoms with Crippen molar-refractivity contribution in [3.8, 4) is 11.3 Å². The van der Waals surface area contributed by atoms with Crippen molar-refractivity contribution in [3.05, 3.63) is 65.5 Å². The maximum absolute atomic E-state index is 12.8. The fourth-order valence-corrected chi connectivity index (χ4v) is 3.51. The van der Waals surface area contributed by atoms with Crippen molar-refractivity contribution in [1.82, 2.24) is 4.98 Å². The van der Waals surface area contributed by atoms with Gasteiger partial charge in [-0.15, -0.1) is 11.3 Å². The minimum absolute atomic E-state index is 0.237. The molecule has 0 aliphatic carbocycles. The molecule has 7 heteroatoms. The second-order valence-electron chi connectivity index (χ2n) is 6.18. The molecule has 0 bridgehead atoms.